The Bertz CT molecular complexity index is 823. The number of piperidine rings is 1. The van der Waals surface area contributed by atoms with Crippen molar-refractivity contribution in [3.05, 3.63) is 64.7 Å². The summed E-state index contributed by atoms with van der Waals surface area (Å²) in [6.45, 7) is 4.28. The molecule has 2 unspecified atom stereocenters. The molecule has 2 atom stereocenters. The van der Waals surface area contributed by atoms with Gasteiger partial charge in [-0.05, 0) is 68.9 Å². The highest BCUT2D eigenvalue weighted by atomic mass is 32.2. The molecule has 2 aliphatic rings. The van der Waals surface area contributed by atoms with E-state index in [1.54, 1.807) is 0 Å². The molecule has 2 heterocycles. The fourth-order valence-corrected chi connectivity index (χ4v) is 5.34. The summed E-state index contributed by atoms with van der Waals surface area (Å²) in [6, 6.07) is 16.1. The van der Waals surface area contributed by atoms with Gasteiger partial charge < -0.3 is 10.6 Å². The van der Waals surface area contributed by atoms with Gasteiger partial charge in [-0.2, -0.15) is 0 Å². The van der Waals surface area contributed by atoms with E-state index in [1.165, 1.54) is 34.4 Å². The summed E-state index contributed by atoms with van der Waals surface area (Å²) in [4.78, 5) is 14.0. The van der Waals surface area contributed by atoms with Crippen molar-refractivity contribution in [3.8, 4) is 0 Å². The molecule has 142 valence electrons. The first-order valence-electron chi connectivity index (χ1n) is 9.93. The van der Waals surface area contributed by atoms with Crippen LogP contribution in [0.25, 0.3) is 0 Å². The van der Waals surface area contributed by atoms with Crippen molar-refractivity contribution in [3.63, 3.8) is 0 Å². The molecule has 27 heavy (non-hydrogen) atoms. The first-order chi connectivity index (χ1) is 13.1. The van der Waals surface area contributed by atoms with E-state index >= 15 is 0 Å². The summed E-state index contributed by atoms with van der Waals surface area (Å²) in [6.07, 6.45) is 4.62. The summed E-state index contributed by atoms with van der Waals surface area (Å²) in [5, 5.41) is 6.90. The lowest BCUT2D eigenvalue weighted by molar-refractivity contribution is 0.0924. The molecule has 0 saturated carbocycles. The van der Waals surface area contributed by atoms with Crippen LogP contribution in [-0.4, -0.2) is 24.0 Å². The lowest BCUT2D eigenvalue weighted by Gasteiger charge is -2.29. The Kier molecular flexibility index (Phi) is 5.55. The van der Waals surface area contributed by atoms with Crippen LogP contribution in [-0.2, 0) is 5.75 Å². The fourth-order valence-electron chi connectivity index (χ4n) is 4.27. The number of rotatable bonds is 5. The largest absolute Gasteiger partial charge is 0.349 e. The van der Waals surface area contributed by atoms with Crippen LogP contribution in [0.3, 0.4) is 0 Å². The lowest BCUT2D eigenvalue weighted by Crippen LogP contribution is -2.48. The van der Waals surface area contributed by atoms with Gasteiger partial charge in [0.15, 0.2) is 0 Å². The zero-order chi connectivity index (χ0) is 18.8. The quantitative estimate of drug-likeness (QED) is 0.745. The third-order valence-electron chi connectivity index (χ3n) is 5.74. The van der Waals surface area contributed by atoms with Gasteiger partial charge in [-0.15, -0.1) is 11.8 Å². The molecule has 2 saturated heterocycles. The monoisotopic (exact) mass is 380 g/mol. The normalized spacial score (nSPS) is 24.0. The number of thioether (sulfide) groups is 1. The Labute approximate surface area is 166 Å². The van der Waals surface area contributed by atoms with Gasteiger partial charge in [0.1, 0.15) is 0 Å². The van der Waals surface area contributed by atoms with Gasteiger partial charge in [0.05, 0.1) is 0 Å². The number of amides is 1. The van der Waals surface area contributed by atoms with Gasteiger partial charge in [-0.25, -0.2) is 0 Å². The molecule has 4 rings (SSSR count). The van der Waals surface area contributed by atoms with Crippen LogP contribution in [0, 0.1) is 13.8 Å². The number of hydrogen-bond acceptors (Lipinski definition) is 3. The van der Waals surface area contributed by atoms with E-state index in [1.807, 2.05) is 30.0 Å². The molecule has 2 aromatic rings. The molecule has 1 amide bonds. The number of fused-ring (bicyclic) bond motifs is 2. The van der Waals surface area contributed by atoms with Gasteiger partial charge >= 0.3 is 0 Å². The van der Waals surface area contributed by atoms with Crippen LogP contribution >= 0.6 is 11.8 Å². The maximum Gasteiger partial charge on any atom is 0.251 e. The summed E-state index contributed by atoms with van der Waals surface area (Å²) in [5.41, 5.74) is 4.56. The molecule has 4 heteroatoms. The Morgan fingerprint density at radius 1 is 1.11 bits per heavy atom. The SMILES string of the molecule is Cc1ccc(C)c(SCc2cccc(C(=O)NC3CC4CCC(C3)N4)c2)c1. The molecule has 2 aliphatic heterocycles. The highest BCUT2D eigenvalue weighted by Gasteiger charge is 2.34. The predicted molar refractivity (Wildman–Crippen MR) is 112 cm³/mol. The van der Waals surface area contributed by atoms with E-state index in [2.05, 4.69) is 48.7 Å². The third kappa shape index (κ3) is 4.56. The third-order valence-corrected chi connectivity index (χ3v) is 6.96. The first kappa shape index (κ1) is 18.6. The van der Waals surface area contributed by atoms with Crippen molar-refractivity contribution in [1.82, 2.24) is 10.6 Å². The van der Waals surface area contributed by atoms with E-state index in [0.717, 1.165) is 24.2 Å². The molecule has 0 aromatic heterocycles. The van der Waals surface area contributed by atoms with Gasteiger partial charge in [0, 0.05) is 34.3 Å². The second-order valence-electron chi connectivity index (χ2n) is 8.04. The Hall–Kier alpha value is -1.78. The molecule has 2 N–H and O–H groups in total. The Balaban J connectivity index is 1.38. The molecule has 2 bridgehead atoms. The van der Waals surface area contributed by atoms with Crippen molar-refractivity contribution in [1.29, 1.82) is 0 Å². The number of carbonyl (C=O) groups excluding carboxylic acids is 1. The van der Waals surface area contributed by atoms with Crippen molar-refractivity contribution >= 4 is 17.7 Å². The minimum absolute atomic E-state index is 0.0693. The van der Waals surface area contributed by atoms with Crippen LogP contribution in [0.5, 0.6) is 0 Å². The zero-order valence-electron chi connectivity index (χ0n) is 16.1. The van der Waals surface area contributed by atoms with E-state index in [9.17, 15) is 4.79 Å². The maximum absolute atomic E-state index is 12.7. The molecule has 2 aromatic carbocycles. The highest BCUT2D eigenvalue weighted by molar-refractivity contribution is 7.98. The fraction of sp³-hybridized carbons (Fsp3) is 0.435. The van der Waals surface area contributed by atoms with Crippen LogP contribution in [0.1, 0.15) is 52.7 Å². The van der Waals surface area contributed by atoms with E-state index in [0.29, 0.717) is 18.1 Å². The summed E-state index contributed by atoms with van der Waals surface area (Å²) in [7, 11) is 0. The van der Waals surface area contributed by atoms with Gasteiger partial charge in [0.25, 0.3) is 5.91 Å². The number of hydrogen-bond donors (Lipinski definition) is 2. The highest BCUT2D eigenvalue weighted by Crippen LogP contribution is 2.28. The Morgan fingerprint density at radius 3 is 2.67 bits per heavy atom. The van der Waals surface area contributed by atoms with Crippen LogP contribution in [0.4, 0.5) is 0 Å². The van der Waals surface area contributed by atoms with Crippen LogP contribution in [0.2, 0.25) is 0 Å². The average molecular weight is 381 g/mol. The maximum atomic E-state index is 12.7. The minimum Gasteiger partial charge on any atom is -0.349 e. The second-order valence-corrected chi connectivity index (χ2v) is 9.05. The smallest absolute Gasteiger partial charge is 0.251 e. The number of carbonyl (C=O) groups is 1. The van der Waals surface area contributed by atoms with Crippen LogP contribution < -0.4 is 10.6 Å². The van der Waals surface area contributed by atoms with E-state index in [-0.39, 0.29) is 5.91 Å². The Morgan fingerprint density at radius 2 is 1.89 bits per heavy atom. The second kappa shape index (κ2) is 8.07. The van der Waals surface area contributed by atoms with Gasteiger partial charge in [0.2, 0.25) is 0 Å². The molecule has 0 spiro atoms. The van der Waals surface area contributed by atoms with Gasteiger partial charge in [-0.3, -0.25) is 4.79 Å². The van der Waals surface area contributed by atoms with E-state index in [4.69, 9.17) is 0 Å². The van der Waals surface area contributed by atoms with Crippen molar-refractivity contribution in [2.24, 2.45) is 0 Å². The van der Waals surface area contributed by atoms with E-state index < -0.39 is 0 Å². The van der Waals surface area contributed by atoms with Gasteiger partial charge in [-0.1, -0.05) is 29.8 Å². The summed E-state index contributed by atoms with van der Waals surface area (Å²) >= 11 is 1.84. The van der Waals surface area contributed by atoms with Crippen molar-refractivity contribution in [2.75, 3.05) is 0 Å². The number of aryl methyl sites for hydroxylation is 2. The first-order valence-corrected chi connectivity index (χ1v) is 10.9. The predicted octanol–water partition coefficient (Wildman–Crippen LogP) is 4.61. The zero-order valence-corrected chi connectivity index (χ0v) is 16.9. The average Bonchev–Trinajstić information content (AvgIpc) is 3.01. The molecular formula is C23H28N2OS. The molecule has 0 radical (unpaired) electrons. The van der Waals surface area contributed by atoms with Crippen molar-refractivity contribution in [2.45, 2.75) is 68.3 Å². The molecular weight excluding hydrogens is 352 g/mol. The number of nitrogens with one attached hydrogen (secondary N) is 2. The van der Waals surface area contributed by atoms with Crippen LogP contribution in [0.15, 0.2) is 47.4 Å². The molecule has 2 fully saturated rings. The lowest BCUT2D eigenvalue weighted by atomic mass is 9.99. The molecule has 3 nitrogen and oxygen atoms in total. The minimum atomic E-state index is 0.0693. The number of benzene rings is 2. The standard InChI is InChI=1S/C23H28N2OS/c1-15-6-7-16(2)22(10-15)27-14-17-4-3-5-18(11-17)23(26)25-21-12-19-8-9-20(13-21)24-19/h3-7,10-11,19-21,24H,8-9,12-14H2,1-2H3,(H,25,26). The molecule has 0 aliphatic carbocycles. The van der Waals surface area contributed by atoms with Crippen molar-refractivity contribution < 1.29 is 4.79 Å². The topological polar surface area (TPSA) is 41.1 Å². The summed E-state index contributed by atoms with van der Waals surface area (Å²) in [5.74, 6) is 0.947. The summed E-state index contributed by atoms with van der Waals surface area (Å²) < 4.78 is 0.